The lowest BCUT2D eigenvalue weighted by Gasteiger charge is -2.09. The van der Waals surface area contributed by atoms with Crippen LogP contribution in [0.25, 0.3) is 0 Å². The molecule has 0 aromatic heterocycles. The molecule has 0 aliphatic rings. The molecule has 0 radical (unpaired) electrons. The number of rotatable bonds is 15. The Morgan fingerprint density at radius 2 is 1.37 bits per heavy atom. The molecule has 2 N–H and O–H groups in total. The number of anilines is 1. The summed E-state index contributed by atoms with van der Waals surface area (Å²) in [5, 5.41) is 11.9. The van der Waals surface area contributed by atoms with Gasteiger partial charge in [-0.1, -0.05) is 83.6 Å². The number of benzene rings is 1. The highest BCUT2D eigenvalue weighted by molar-refractivity contribution is 5.94. The van der Waals surface area contributed by atoms with Crippen molar-refractivity contribution in [3.63, 3.8) is 0 Å². The predicted octanol–water partition coefficient (Wildman–Crippen LogP) is 6.72. The number of carbonyl (C=O) groups is 2. The van der Waals surface area contributed by atoms with Crippen LogP contribution in [0.5, 0.6) is 0 Å². The largest absolute Gasteiger partial charge is 0.478 e. The SMILES string of the molecule is CCCCCCCCCCCCCCC(=O)Nc1cc(C(=O)O)ccc1C. The maximum absolute atomic E-state index is 12.1. The van der Waals surface area contributed by atoms with Crippen LogP contribution >= 0.6 is 0 Å². The average molecular weight is 376 g/mol. The Labute approximate surface area is 164 Å². The van der Waals surface area contributed by atoms with E-state index >= 15 is 0 Å². The van der Waals surface area contributed by atoms with E-state index in [2.05, 4.69) is 12.2 Å². The Bertz CT molecular complexity index is 569. The molecule has 0 fully saturated rings. The summed E-state index contributed by atoms with van der Waals surface area (Å²) in [7, 11) is 0. The highest BCUT2D eigenvalue weighted by Gasteiger charge is 2.09. The van der Waals surface area contributed by atoms with Gasteiger partial charge in [0.1, 0.15) is 0 Å². The molecule has 0 heterocycles. The van der Waals surface area contributed by atoms with Gasteiger partial charge >= 0.3 is 5.97 Å². The minimum Gasteiger partial charge on any atom is -0.478 e. The van der Waals surface area contributed by atoms with E-state index < -0.39 is 5.97 Å². The third-order valence-corrected chi connectivity index (χ3v) is 5.02. The van der Waals surface area contributed by atoms with Gasteiger partial charge in [0.2, 0.25) is 5.91 Å². The quantitative estimate of drug-likeness (QED) is 0.334. The zero-order valence-electron chi connectivity index (χ0n) is 17.2. The van der Waals surface area contributed by atoms with Gasteiger partial charge in [0.25, 0.3) is 0 Å². The lowest BCUT2D eigenvalue weighted by molar-refractivity contribution is -0.116. The second kappa shape index (κ2) is 14.2. The maximum atomic E-state index is 12.1. The van der Waals surface area contributed by atoms with E-state index in [1.807, 2.05) is 6.92 Å². The minimum absolute atomic E-state index is 0.0345. The number of carboxylic acids is 1. The Hall–Kier alpha value is -1.84. The molecule has 4 nitrogen and oxygen atoms in total. The summed E-state index contributed by atoms with van der Waals surface area (Å²) in [6, 6.07) is 4.80. The molecule has 0 unspecified atom stereocenters. The van der Waals surface area contributed by atoms with Crippen molar-refractivity contribution in [1.82, 2.24) is 0 Å². The number of nitrogens with one attached hydrogen (secondary N) is 1. The van der Waals surface area contributed by atoms with Crippen molar-refractivity contribution >= 4 is 17.6 Å². The van der Waals surface area contributed by atoms with Crippen molar-refractivity contribution < 1.29 is 14.7 Å². The molecular weight excluding hydrogens is 338 g/mol. The number of carbonyl (C=O) groups excluding carboxylic acids is 1. The Kier molecular flexibility index (Phi) is 12.2. The van der Waals surface area contributed by atoms with E-state index in [0.717, 1.165) is 18.4 Å². The molecule has 0 aliphatic carbocycles. The summed E-state index contributed by atoms with van der Waals surface area (Å²) in [5.74, 6) is -1.01. The maximum Gasteiger partial charge on any atom is 0.335 e. The van der Waals surface area contributed by atoms with Gasteiger partial charge < -0.3 is 10.4 Å². The number of aryl methyl sites for hydroxylation is 1. The van der Waals surface area contributed by atoms with Crippen LogP contribution in [0.15, 0.2) is 18.2 Å². The van der Waals surface area contributed by atoms with Crippen molar-refractivity contribution in [2.45, 2.75) is 97.3 Å². The molecule has 1 aromatic rings. The first-order valence-electron chi connectivity index (χ1n) is 10.7. The molecule has 0 saturated heterocycles. The number of hydrogen-bond donors (Lipinski definition) is 2. The van der Waals surface area contributed by atoms with Crippen molar-refractivity contribution in [3.05, 3.63) is 29.3 Å². The van der Waals surface area contributed by atoms with Crippen LogP contribution in [-0.4, -0.2) is 17.0 Å². The number of unbranched alkanes of at least 4 members (excludes halogenated alkanes) is 11. The van der Waals surface area contributed by atoms with E-state index in [1.54, 1.807) is 12.1 Å². The lowest BCUT2D eigenvalue weighted by atomic mass is 10.0. The first kappa shape index (κ1) is 23.2. The zero-order chi connectivity index (χ0) is 19.9. The first-order chi connectivity index (χ1) is 13.0. The molecule has 152 valence electrons. The minimum atomic E-state index is -0.980. The smallest absolute Gasteiger partial charge is 0.335 e. The van der Waals surface area contributed by atoms with Gasteiger partial charge in [0, 0.05) is 12.1 Å². The number of aromatic carboxylic acids is 1. The first-order valence-corrected chi connectivity index (χ1v) is 10.7. The molecule has 1 aromatic carbocycles. The van der Waals surface area contributed by atoms with Crippen molar-refractivity contribution in [2.24, 2.45) is 0 Å². The van der Waals surface area contributed by atoms with Gasteiger partial charge in [-0.05, 0) is 31.0 Å². The van der Waals surface area contributed by atoms with E-state index in [0.29, 0.717) is 12.1 Å². The molecule has 1 rings (SSSR count). The normalized spacial score (nSPS) is 10.7. The van der Waals surface area contributed by atoms with E-state index in [1.165, 1.54) is 70.3 Å². The zero-order valence-corrected chi connectivity index (χ0v) is 17.2. The molecule has 27 heavy (non-hydrogen) atoms. The fourth-order valence-corrected chi connectivity index (χ4v) is 3.23. The summed E-state index contributed by atoms with van der Waals surface area (Å²) in [6.45, 7) is 4.12. The highest BCUT2D eigenvalue weighted by Crippen LogP contribution is 2.18. The van der Waals surface area contributed by atoms with E-state index in [9.17, 15) is 9.59 Å². The molecule has 1 amide bonds. The van der Waals surface area contributed by atoms with Crippen LogP contribution < -0.4 is 5.32 Å². The van der Waals surface area contributed by atoms with Gasteiger partial charge in [-0.2, -0.15) is 0 Å². The Morgan fingerprint density at radius 3 is 1.89 bits per heavy atom. The highest BCUT2D eigenvalue weighted by atomic mass is 16.4. The van der Waals surface area contributed by atoms with Crippen LogP contribution in [0.4, 0.5) is 5.69 Å². The topological polar surface area (TPSA) is 66.4 Å². The van der Waals surface area contributed by atoms with E-state index in [4.69, 9.17) is 5.11 Å². The second-order valence-corrected chi connectivity index (χ2v) is 7.52. The van der Waals surface area contributed by atoms with Crippen molar-refractivity contribution in [2.75, 3.05) is 5.32 Å². The Morgan fingerprint density at radius 1 is 0.852 bits per heavy atom. The molecule has 0 saturated carbocycles. The van der Waals surface area contributed by atoms with Crippen LogP contribution in [0.2, 0.25) is 0 Å². The van der Waals surface area contributed by atoms with Gasteiger partial charge in [0.05, 0.1) is 5.56 Å². The third kappa shape index (κ3) is 10.8. The molecule has 0 atom stereocenters. The molecule has 4 heteroatoms. The van der Waals surface area contributed by atoms with E-state index in [-0.39, 0.29) is 11.5 Å². The van der Waals surface area contributed by atoms with Gasteiger partial charge in [0.15, 0.2) is 0 Å². The number of carboxylic acid groups (broad SMARTS) is 1. The van der Waals surface area contributed by atoms with Crippen molar-refractivity contribution in [1.29, 1.82) is 0 Å². The molecule has 0 bridgehead atoms. The summed E-state index contributed by atoms with van der Waals surface area (Å²) < 4.78 is 0. The monoisotopic (exact) mass is 375 g/mol. The predicted molar refractivity (Wildman–Crippen MR) is 112 cm³/mol. The molecule has 0 spiro atoms. The Balaban J connectivity index is 2.06. The second-order valence-electron chi connectivity index (χ2n) is 7.52. The number of amides is 1. The molecular formula is C23H37NO3. The summed E-state index contributed by atoms with van der Waals surface area (Å²) >= 11 is 0. The summed E-state index contributed by atoms with van der Waals surface area (Å²) in [5.41, 5.74) is 1.67. The molecule has 0 aliphatic heterocycles. The van der Waals surface area contributed by atoms with Crippen LogP contribution in [0.1, 0.15) is 106 Å². The number of hydrogen-bond acceptors (Lipinski definition) is 2. The fourth-order valence-electron chi connectivity index (χ4n) is 3.23. The fraction of sp³-hybridized carbons (Fsp3) is 0.652. The third-order valence-electron chi connectivity index (χ3n) is 5.02. The lowest BCUT2D eigenvalue weighted by Crippen LogP contribution is -2.12. The van der Waals surface area contributed by atoms with Crippen LogP contribution in [0, 0.1) is 6.92 Å². The van der Waals surface area contributed by atoms with Gasteiger partial charge in [-0.15, -0.1) is 0 Å². The van der Waals surface area contributed by atoms with Crippen LogP contribution in [0.3, 0.4) is 0 Å². The standard InChI is InChI=1S/C23H37NO3/c1-3-4-5-6-7-8-9-10-11-12-13-14-15-22(25)24-21-18-20(23(26)27)17-16-19(21)2/h16-18H,3-15H2,1-2H3,(H,24,25)(H,26,27). The van der Waals surface area contributed by atoms with Gasteiger partial charge in [-0.3, -0.25) is 4.79 Å². The average Bonchev–Trinajstić information content (AvgIpc) is 2.64. The van der Waals surface area contributed by atoms with Crippen LogP contribution in [-0.2, 0) is 4.79 Å². The van der Waals surface area contributed by atoms with Gasteiger partial charge in [-0.25, -0.2) is 4.79 Å². The summed E-state index contributed by atoms with van der Waals surface area (Å²) in [6.07, 6.45) is 15.8. The summed E-state index contributed by atoms with van der Waals surface area (Å²) in [4.78, 5) is 23.1. The van der Waals surface area contributed by atoms with Crippen molar-refractivity contribution in [3.8, 4) is 0 Å².